The third kappa shape index (κ3) is 4.01. The molecule has 0 fully saturated rings. The predicted molar refractivity (Wildman–Crippen MR) is 101 cm³/mol. The van der Waals surface area contributed by atoms with Crippen molar-refractivity contribution in [3.05, 3.63) is 56.4 Å². The van der Waals surface area contributed by atoms with Crippen molar-refractivity contribution in [3.8, 4) is 11.1 Å². The van der Waals surface area contributed by atoms with Gasteiger partial charge in [-0.05, 0) is 5.56 Å². The third-order valence-corrected chi connectivity index (χ3v) is 4.76. The van der Waals surface area contributed by atoms with Crippen molar-refractivity contribution in [1.29, 1.82) is 0 Å². The number of nitro benzene ring substituents is 1. The van der Waals surface area contributed by atoms with Gasteiger partial charge in [0.2, 0.25) is 5.91 Å². The zero-order valence-electron chi connectivity index (χ0n) is 14.4. The van der Waals surface area contributed by atoms with Crippen LogP contribution in [-0.4, -0.2) is 40.6 Å². The Labute approximate surface area is 157 Å². The van der Waals surface area contributed by atoms with Crippen LogP contribution < -0.4 is 10.9 Å². The van der Waals surface area contributed by atoms with E-state index < -0.39 is 4.92 Å². The van der Waals surface area contributed by atoms with Crippen LogP contribution >= 0.6 is 11.3 Å². The van der Waals surface area contributed by atoms with Crippen molar-refractivity contribution in [2.75, 3.05) is 20.3 Å². The van der Waals surface area contributed by atoms with Gasteiger partial charge in [0, 0.05) is 36.7 Å². The van der Waals surface area contributed by atoms with Gasteiger partial charge in [-0.2, -0.15) is 0 Å². The van der Waals surface area contributed by atoms with Crippen molar-refractivity contribution in [3.63, 3.8) is 0 Å². The summed E-state index contributed by atoms with van der Waals surface area (Å²) >= 11 is 1.27. The van der Waals surface area contributed by atoms with Crippen molar-refractivity contribution >= 4 is 33.1 Å². The van der Waals surface area contributed by atoms with Gasteiger partial charge < -0.3 is 10.1 Å². The zero-order valence-corrected chi connectivity index (χ0v) is 15.2. The maximum Gasteiger partial charge on any atom is 0.270 e. The van der Waals surface area contributed by atoms with Gasteiger partial charge in [0.25, 0.3) is 11.2 Å². The highest BCUT2D eigenvalue weighted by Gasteiger charge is 2.16. The number of hydrogen-bond donors (Lipinski definition) is 1. The molecular formula is C17H16N4O5S. The highest BCUT2D eigenvalue weighted by atomic mass is 32.1. The second-order valence-corrected chi connectivity index (χ2v) is 6.52. The average molecular weight is 388 g/mol. The molecule has 2 heterocycles. The summed E-state index contributed by atoms with van der Waals surface area (Å²) in [6, 6.07) is 6.06. The van der Waals surface area contributed by atoms with Crippen molar-refractivity contribution in [2.45, 2.75) is 6.54 Å². The van der Waals surface area contributed by atoms with E-state index in [-0.39, 0.29) is 23.7 Å². The molecule has 27 heavy (non-hydrogen) atoms. The average Bonchev–Trinajstić information content (AvgIpc) is 3.09. The minimum Gasteiger partial charge on any atom is -0.383 e. The van der Waals surface area contributed by atoms with Gasteiger partial charge >= 0.3 is 0 Å². The van der Waals surface area contributed by atoms with Gasteiger partial charge in [-0.25, -0.2) is 4.98 Å². The fourth-order valence-electron chi connectivity index (χ4n) is 2.58. The van der Waals surface area contributed by atoms with E-state index in [2.05, 4.69) is 10.3 Å². The summed E-state index contributed by atoms with van der Waals surface area (Å²) in [5.41, 5.74) is 0.681. The first-order valence-electron chi connectivity index (χ1n) is 7.98. The normalized spacial score (nSPS) is 10.9. The quantitative estimate of drug-likeness (QED) is 0.375. The molecule has 0 aliphatic heterocycles. The maximum absolute atomic E-state index is 12.9. The highest BCUT2D eigenvalue weighted by Crippen LogP contribution is 2.32. The second kappa shape index (κ2) is 8.06. The molecule has 0 atom stereocenters. The molecule has 0 saturated carbocycles. The molecule has 3 rings (SSSR count). The van der Waals surface area contributed by atoms with E-state index in [1.807, 2.05) is 0 Å². The zero-order chi connectivity index (χ0) is 19.4. The molecule has 0 spiro atoms. The fraction of sp³-hybridized carbons (Fsp3) is 0.235. The Bertz CT molecular complexity index is 1060. The molecule has 1 N–H and O–H groups in total. The standard InChI is InChI=1S/C17H16N4O5S/c1-26-6-5-18-14(22)8-20-10-19-16-15(17(20)23)13(9-27-16)11-3-2-4-12(7-11)21(24)25/h2-4,7,9-10H,5-6,8H2,1H3,(H,18,22). The van der Waals surface area contributed by atoms with Crippen LogP contribution in [0.5, 0.6) is 0 Å². The van der Waals surface area contributed by atoms with E-state index in [0.717, 1.165) is 0 Å². The van der Waals surface area contributed by atoms with Crippen LogP contribution in [0.2, 0.25) is 0 Å². The lowest BCUT2D eigenvalue weighted by atomic mass is 10.1. The number of carbonyl (C=O) groups excluding carboxylic acids is 1. The molecule has 0 saturated heterocycles. The number of hydrogen-bond acceptors (Lipinski definition) is 7. The smallest absolute Gasteiger partial charge is 0.270 e. The molecule has 1 amide bonds. The minimum absolute atomic E-state index is 0.0615. The van der Waals surface area contributed by atoms with Crippen molar-refractivity contribution in [2.24, 2.45) is 0 Å². The van der Waals surface area contributed by atoms with Gasteiger partial charge in [-0.1, -0.05) is 12.1 Å². The minimum atomic E-state index is -0.487. The number of nitrogens with zero attached hydrogens (tertiary/aromatic N) is 3. The number of methoxy groups -OCH3 is 1. The molecule has 10 heteroatoms. The lowest BCUT2D eigenvalue weighted by Crippen LogP contribution is -2.34. The Morgan fingerprint density at radius 3 is 3.00 bits per heavy atom. The second-order valence-electron chi connectivity index (χ2n) is 5.66. The molecule has 0 aliphatic carbocycles. The van der Waals surface area contributed by atoms with Crippen LogP contribution in [-0.2, 0) is 16.1 Å². The fourth-order valence-corrected chi connectivity index (χ4v) is 3.49. The Morgan fingerprint density at radius 1 is 1.44 bits per heavy atom. The largest absolute Gasteiger partial charge is 0.383 e. The molecule has 1 aromatic carbocycles. The SMILES string of the molecule is COCCNC(=O)Cn1cnc2scc(-c3cccc([N+](=O)[O-])c3)c2c1=O. The van der Waals surface area contributed by atoms with Crippen LogP contribution in [0.25, 0.3) is 21.3 Å². The number of aromatic nitrogens is 2. The van der Waals surface area contributed by atoms with Gasteiger partial charge in [0.05, 0.1) is 23.2 Å². The molecule has 140 valence electrons. The van der Waals surface area contributed by atoms with E-state index in [4.69, 9.17) is 4.74 Å². The number of nitro groups is 1. The van der Waals surface area contributed by atoms with Crippen LogP contribution in [0.4, 0.5) is 5.69 Å². The van der Waals surface area contributed by atoms with Gasteiger partial charge in [-0.15, -0.1) is 11.3 Å². The maximum atomic E-state index is 12.9. The Balaban J connectivity index is 1.97. The molecular weight excluding hydrogens is 372 g/mol. The number of nitrogens with one attached hydrogen (secondary N) is 1. The highest BCUT2D eigenvalue weighted by molar-refractivity contribution is 7.17. The molecule has 0 unspecified atom stereocenters. The molecule has 0 bridgehead atoms. The summed E-state index contributed by atoms with van der Waals surface area (Å²) in [4.78, 5) is 40.1. The summed E-state index contributed by atoms with van der Waals surface area (Å²) in [6.45, 7) is 0.548. The summed E-state index contributed by atoms with van der Waals surface area (Å²) in [5.74, 6) is -0.331. The van der Waals surface area contributed by atoms with Crippen molar-refractivity contribution < 1.29 is 14.5 Å². The first kappa shape index (κ1) is 18.7. The lowest BCUT2D eigenvalue weighted by molar-refractivity contribution is -0.384. The summed E-state index contributed by atoms with van der Waals surface area (Å²) in [7, 11) is 1.53. The van der Waals surface area contributed by atoms with Gasteiger partial charge in [0.15, 0.2) is 0 Å². The van der Waals surface area contributed by atoms with Crippen LogP contribution in [0.15, 0.2) is 40.8 Å². The monoisotopic (exact) mass is 388 g/mol. The Kier molecular flexibility index (Phi) is 5.57. The number of ether oxygens (including phenoxy) is 1. The summed E-state index contributed by atoms with van der Waals surface area (Å²) in [5, 5.41) is 15.7. The predicted octanol–water partition coefficient (Wildman–Crippen LogP) is 1.80. The van der Waals surface area contributed by atoms with E-state index in [1.54, 1.807) is 17.5 Å². The van der Waals surface area contributed by atoms with E-state index in [0.29, 0.717) is 34.5 Å². The lowest BCUT2D eigenvalue weighted by Gasteiger charge is -2.07. The number of non-ortho nitro benzene ring substituents is 1. The van der Waals surface area contributed by atoms with E-state index >= 15 is 0 Å². The van der Waals surface area contributed by atoms with Crippen LogP contribution in [0, 0.1) is 10.1 Å². The first-order valence-corrected chi connectivity index (χ1v) is 8.86. The topological polar surface area (TPSA) is 116 Å². The molecule has 3 aromatic rings. The first-order chi connectivity index (χ1) is 13.0. The summed E-state index contributed by atoms with van der Waals surface area (Å²) in [6.07, 6.45) is 1.33. The molecule has 0 radical (unpaired) electrons. The Morgan fingerprint density at radius 2 is 2.26 bits per heavy atom. The third-order valence-electron chi connectivity index (χ3n) is 3.87. The van der Waals surface area contributed by atoms with Gasteiger partial charge in [0.1, 0.15) is 11.4 Å². The number of amides is 1. The van der Waals surface area contributed by atoms with Crippen LogP contribution in [0.1, 0.15) is 0 Å². The van der Waals surface area contributed by atoms with Gasteiger partial charge in [-0.3, -0.25) is 24.3 Å². The van der Waals surface area contributed by atoms with E-state index in [1.165, 1.54) is 41.5 Å². The number of benzene rings is 1. The number of carbonyl (C=O) groups is 1. The number of rotatable bonds is 7. The Hall–Kier alpha value is -3.11. The number of fused-ring (bicyclic) bond motifs is 1. The molecule has 9 nitrogen and oxygen atoms in total. The summed E-state index contributed by atoms with van der Waals surface area (Å²) < 4.78 is 6.08. The van der Waals surface area contributed by atoms with Crippen molar-refractivity contribution in [1.82, 2.24) is 14.9 Å². The molecule has 2 aromatic heterocycles. The number of thiophene rings is 1. The molecule has 0 aliphatic rings. The van der Waals surface area contributed by atoms with Crippen LogP contribution in [0.3, 0.4) is 0 Å². The van der Waals surface area contributed by atoms with E-state index in [9.17, 15) is 19.7 Å².